The quantitative estimate of drug-likeness (QED) is 0.0700. The third kappa shape index (κ3) is 10.8. The third-order valence-electron chi connectivity index (χ3n) is 14.5. The number of carbonyl (C=O) groups excluding carboxylic acids is 1. The predicted octanol–water partition coefficient (Wildman–Crippen LogP) is 14.1. The van der Waals surface area contributed by atoms with Gasteiger partial charge in [0.2, 0.25) is 0 Å². The first kappa shape index (κ1) is 39.0. The molecule has 0 saturated heterocycles. The molecule has 4 aliphatic rings. The monoisotopic (exact) mass is 653 g/mol. The van der Waals surface area contributed by atoms with E-state index in [9.17, 15) is 4.79 Å². The van der Waals surface area contributed by atoms with Crippen molar-refractivity contribution in [3.63, 3.8) is 0 Å². The Morgan fingerprint density at radius 2 is 1.30 bits per heavy atom. The Balaban J connectivity index is 1.11. The van der Waals surface area contributed by atoms with Crippen LogP contribution in [0.2, 0.25) is 0 Å². The second-order valence-electron chi connectivity index (χ2n) is 18.8. The number of esters is 1. The van der Waals surface area contributed by atoms with Crippen molar-refractivity contribution in [2.24, 2.45) is 52.3 Å². The van der Waals surface area contributed by atoms with E-state index in [4.69, 9.17) is 4.74 Å². The average Bonchev–Trinajstić information content (AvgIpc) is 3.38. The molecule has 0 aromatic heterocycles. The van der Waals surface area contributed by atoms with Crippen molar-refractivity contribution in [3.05, 3.63) is 11.6 Å². The molecule has 3 saturated carbocycles. The molecule has 47 heavy (non-hydrogen) atoms. The molecule has 0 aromatic carbocycles. The number of allylic oxidation sites excluding steroid dienone is 1. The lowest BCUT2D eigenvalue weighted by atomic mass is 9.47. The Morgan fingerprint density at radius 1 is 0.702 bits per heavy atom. The molecule has 2 heteroatoms. The Labute approximate surface area is 293 Å². The molecule has 8 atom stereocenters. The minimum atomic E-state index is 0.0641. The summed E-state index contributed by atoms with van der Waals surface area (Å²) >= 11 is 0. The number of ether oxygens (including phenoxy) is 1. The second kappa shape index (κ2) is 19.0. The summed E-state index contributed by atoms with van der Waals surface area (Å²) in [5.74, 6) is 6.20. The molecule has 0 aromatic rings. The number of hydrogen-bond acceptors (Lipinski definition) is 2. The van der Waals surface area contributed by atoms with Crippen LogP contribution >= 0.6 is 0 Å². The summed E-state index contributed by atoms with van der Waals surface area (Å²) in [4.78, 5) is 12.8. The highest BCUT2D eigenvalue weighted by molar-refractivity contribution is 5.69. The first-order valence-corrected chi connectivity index (χ1v) is 21.4. The van der Waals surface area contributed by atoms with Gasteiger partial charge in [-0.3, -0.25) is 4.79 Å². The fourth-order valence-corrected chi connectivity index (χ4v) is 11.6. The highest BCUT2D eigenvalue weighted by Gasteiger charge is 2.59. The van der Waals surface area contributed by atoms with Crippen LogP contribution in [0.25, 0.3) is 0 Å². The molecule has 0 radical (unpaired) electrons. The average molecular weight is 653 g/mol. The van der Waals surface area contributed by atoms with Crippen LogP contribution in [0, 0.1) is 52.3 Å². The summed E-state index contributed by atoms with van der Waals surface area (Å²) in [5, 5.41) is 0. The van der Waals surface area contributed by atoms with Crippen LogP contribution < -0.4 is 0 Å². The van der Waals surface area contributed by atoms with Crippen LogP contribution in [0.4, 0.5) is 0 Å². The molecule has 2 nitrogen and oxygen atoms in total. The normalized spacial score (nSPS) is 32.5. The summed E-state index contributed by atoms with van der Waals surface area (Å²) in [6.45, 7) is 17.3. The molecule has 0 unspecified atom stereocenters. The molecule has 0 spiro atoms. The molecule has 4 aliphatic carbocycles. The minimum absolute atomic E-state index is 0.0641. The van der Waals surface area contributed by atoms with E-state index in [0.29, 0.717) is 17.3 Å². The zero-order chi connectivity index (χ0) is 33.9. The lowest BCUT2D eigenvalue weighted by Gasteiger charge is -2.58. The predicted molar refractivity (Wildman–Crippen MR) is 202 cm³/mol. The first-order valence-electron chi connectivity index (χ1n) is 21.4. The highest BCUT2D eigenvalue weighted by Crippen LogP contribution is 2.67. The maximum absolute atomic E-state index is 12.8. The molecule has 0 amide bonds. The summed E-state index contributed by atoms with van der Waals surface area (Å²) in [7, 11) is 0. The first-order chi connectivity index (χ1) is 22.5. The van der Waals surface area contributed by atoms with Crippen LogP contribution in [0.3, 0.4) is 0 Å². The van der Waals surface area contributed by atoms with E-state index < -0.39 is 0 Å². The molecular formula is C45H80O2. The van der Waals surface area contributed by atoms with Gasteiger partial charge < -0.3 is 4.74 Å². The zero-order valence-electron chi connectivity index (χ0n) is 32.7. The van der Waals surface area contributed by atoms with Gasteiger partial charge in [-0.1, -0.05) is 156 Å². The van der Waals surface area contributed by atoms with E-state index >= 15 is 0 Å². The Hall–Kier alpha value is -0.790. The fraction of sp³-hybridized carbons (Fsp3) is 0.933. The highest BCUT2D eigenvalue weighted by atomic mass is 16.5. The molecule has 0 bridgehead atoms. The van der Waals surface area contributed by atoms with Gasteiger partial charge in [-0.25, -0.2) is 0 Å². The van der Waals surface area contributed by atoms with Gasteiger partial charge in [0.1, 0.15) is 6.10 Å². The number of fused-ring (bicyclic) bond motifs is 5. The van der Waals surface area contributed by atoms with Crippen molar-refractivity contribution >= 4 is 5.97 Å². The van der Waals surface area contributed by atoms with E-state index in [1.165, 1.54) is 135 Å². The van der Waals surface area contributed by atoms with Gasteiger partial charge in [-0.15, -0.1) is 0 Å². The maximum atomic E-state index is 12.8. The van der Waals surface area contributed by atoms with Crippen LogP contribution in [-0.2, 0) is 9.53 Å². The van der Waals surface area contributed by atoms with Crippen molar-refractivity contribution in [1.29, 1.82) is 0 Å². The summed E-state index contributed by atoms with van der Waals surface area (Å²) in [5.41, 5.74) is 2.54. The molecule has 0 heterocycles. The Kier molecular flexibility index (Phi) is 15.8. The van der Waals surface area contributed by atoms with Crippen LogP contribution in [0.15, 0.2) is 11.6 Å². The van der Waals surface area contributed by atoms with Crippen molar-refractivity contribution in [3.8, 4) is 0 Å². The van der Waals surface area contributed by atoms with Crippen LogP contribution in [0.1, 0.15) is 209 Å². The van der Waals surface area contributed by atoms with Gasteiger partial charge in [0, 0.05) is 12.8 Å². The van der Waals surface area contributed by atoms with Crippen molar-refractivity contribution < 1.29 is 9.53 Å². The number of carbonyl (C=O) groups is 1. The standard InChI is InChI=1S/C45H80O2/c1-34(2)21-18-16-14-12-10-8-9-11-13-15-17-19-24-43(46)47-38-29-31-44(6)37(33-38)25-26-39-41-28-27-40(36(5)23-20-22-35(3)4)45(41,7)32-30-42(39)44/h25,34-36,38-42H,8-24,26-33H2,1-7H3/t36-,38-,39+,40-,41+,42-,44+,45-/m1/s1. The van der Waals surface area contributed by atoms with Gasteiger partial charge >= 0.3 is 5.97 Å². The van der Waals surface area contributed by atoms with Gasteiger partial charge in [-0.2, -0.15) is 0 Å². The van der Waals surface area contributed by atoms with E-state index in [-0.39, 0.29) is 12.1 Å². The number of hydrogen-bond donors (Lipinski definition) is 0. The van der Waals surface area contributed by atoms with E-state index in [2.05, 4.69) is 54.5 Å². The molecule has 0 aliphatic heterocycles. The summed E-state index contributed by atoms with van der Waals surface area (Å²) in [6.07, 6.45) is 35.5. The molecular weight excluding hydrogens is 572 g/mol. The van der Waals surface area contributed by atoms with Crippen molar-refractivity contribution in [2.45, 2.75) is 215 Å². The minimum Gasteiger partial charge on any atom is -0.462 e. The number of unbranched alkanes of at least 4 members (excludes halogenated alkanes) is 11. The lowest BCUT2D eigenvalue weighted by molar-refractivity contribution is -0.151. The van der Waals surface area contributed by atoms with E-state index in [1.807, 2.05) is 0 Å². The summed E-state index contributed by atoms with van der Waals surface area (Å²) in [6, 6.07) is 0. The van der Waals surface area contributed by atoms with Crippen molar-refractivity contribution in [2.75, 3.05) is 0 Å². The smallest absolute Gasteiger partial charge is 0.306 e. The lowest BCUT2D eigenvalue weighted by Crippen LogP contribution is -2.51. The van der Waals surface area contributed by atoms with Crippen LogP contribution in [0.5, 0.6) is 0 Å². The molecule has 3 fully saturated rings. The third-order valence-corrected chi connectivity index (χ3v) is 14.5. The Morgan fingerprint density at radius 3 is 1.94 bits per heavy atom. The zero-order valence-corrected chi connectivity index (χ0v) is 32.7. The fourth-order valence-electron chi connectivity index (χ4n) is 11.6. The Bertz CT molecular complexity index is 948. The SMILES string of the molecule is CC(C)CCCCCCCCCCCCCCC(=O)O[C@@H]1CC[C@@]2(C)C(=CC[C@@H]3[C@H]2CC[C@]2(C)[C@@H]([C@H](C)CCCC(C)C)CC[C@@H]32)C1. The molecule has 4 rings (SSSR count). The molecule has 272 valence electrons. The van der Waals surface area contributed by atoms with E-state index in [1.54, 1.807) is 5.57 Å². The van der Waals surface area contributed by atoms with Gasteiger partial charge in [-0.05, 0) is 104 Å². The van der Waals surface area contributed by atoms with Gasteiger partial charge in [0.15, 0.2) is 0 Å². The maximum Gasteiger partial charge on any atom is 0.306 e. The van der Waals surface area contributed by atoms with Crippen molar-refractivity contribution in [1.82, 2.24) is 0 Å². The van der Waals surface area contributed by atoms with Gasteiger partial charge in [0.25, 0.3) is 0 Å². The van der Waals surface area contributed by atoms with E-state index in [0.717, 1.165) is 60.7 Å². The second-order valence-corrected chi connectivity index (χ2v) is 18.8. The summed E-state index contributed by atoms with van der Waals surface area (Å²) < 4.78 is 6.13. The van der Waals surface area contributed by atoms with Gasteiger partial charge in [0.05, 0.1) is 0 Å². The number of rotatable bonds is 21. The largest absolute Gasteiger partial charge is 0.462 e. The van der Waals surface area contributed by atoms with Crippen LogP contribution in [-0.4, -0.2) is 12.1 Å². The topological polar surface area (TPSA) is 26.3 Å². The molecule has 0 N–H and O–H groups in total.